The van der Waals surface area contributed by atoms with Gasteiger partial charge in [0.2, 0.25) is 5.78 Å². The molecule has 2 N–H and O–H groups in total. The molecule has 1 saturated heterocycles. The zero-order valence-corrected chi connectivity index (χ0v) is 15.8. The summed E-state index contributed by atoms with van der Waals surface area (Å²) in [5, 5.41) is 0.216. The Balaban J connectivity index is 1.71. The summed E-state index contributed by atoms with van der Waals surface area (Å²) in [4.78, 5) is 19.6. The summed E-state index contributed by atoms with van der Waals surface area (Å²) < 4.78 is 48.1. The van der Waals surface area contributed by atoms with E-state index in [0.29, 0.717) is 0 Å². The first kappa shape index (κ1) is 18.8. The summed E-state index contributed by atoms with van der Waals surface area (Å²) in [7, 11) is 0. The fourth-order valence-electron chi connectivity index (χ4n) is 3.28. The molecule has 146 valence electrons. The van der Waals surface area contributed by atoms with Crippen molar-refractivity contribution in [3.05, 3.63) is 58.7 Å². The number of anilines is 1. The third-order valence-corrected chi connectivity index (χ3v) is 5.75. The SMILES string of the molecule is Cc1c(F)cnc2[nH]cc(C(=O)c3c(F)ccc(NSN4CCCC4)c3F)c12. The van der Waals surface area contributed by atoms with E-state index in [1.54, 1.807) is 0 Å². The van der Waals surface area contributed by atoms with Gasteiger partial charge < -0.3 is 9.71 Å². The molecule has 0 bridgehead atoms. The second-order valence-electron chi connectivity index (χ2n) is 6.60. The summed E-state index contributed by atoms with van der Waals surface area (Å²) >= 11 is 1.23. The molecule has 1 aliphatic rings. The molecule has 4 rings (SSSR count). The van der Waals surface area contributed by atoms with Gasteiger partial charge in [0.25, 0.3) is 0 Å². The van der Waals surface area contributed by atoms with E-state index in [4.69, 9.17) is 0 Å². The van der Waals surface area contributed by atoms with Gasteiger partial charge in [0, 0.05) is 36.8 Å². The fourth-order valence-corrected chi connectivity index (χ4v) is 4.10. The highest BCUT2D eigenvalue weighted by Crippen LogP contribution is 2.30. The maximum absolute atomic E-state index is 15.0. The lowest BCUT2D eigenvalue weighted by atomic mass is 9.99. The molecule has 0 radical (unpaired) electrons. The van der Waals surface area contributed by atoms with Gasteiger partial charge in [-0.1, -0.05) is 0 Å². The number of carbonyl (C=O) groups excluding carboxylic acids is 1. The van der Waals surface area contributed by atoms with Gasteiger partial charge >= 0.3 is 0 Å². The van der Waals surface area contributed by atoms with Crippen molar-refractivity contribution in [1.82, 2.24) is 14.3 Å². The molecule has 9 heteroatoms. The van der Waals surface area contributed by atoms with Crippen molar-refractivity contribution < 1.29 is 18.0 Å². The molecule has 3 heterocycles. The molecule has 0 saturated carbocycles. The Bertz CT molecular complexity index is 1060. The van der Waals surface area contributed by atoms with Crippen molar-refractivity contribution >= 4 is 34.6 Å². The zero-order chi connectivity index (χ0) is 19.8. The lowest BCUT2D eigenvalue weighted by Crippen LogP contribution is -2.14. The number of hydrogen-bond donors (Lipinski definition) is 2. The standard InChI is InChI=1S/C19H17F3N4OS/c1-10-13(21)9-24-19-15(10)11(8-23-19)18(27)16-12(20)4-5-14(17(16)22)25-28-26-6-2-3-7-26/h4-5,8-9,25H,2-3,6-7H2,1H3,(H,23,24). The van der Waals surface area contributed by atoms with Crippen molar-refractivity contribution in [2.24, 2.45) is 0 Å². The van der Waals surface area contributed by atoms with Gasteiger partial charge in [0.1, 0.15) is 17.3 Å². The number of nitrogens with one attached hydrogen (secondary N) is 2. The first-order valence-electron chi connectivity index (χ1n) is 8.80. The Morgan fingerprint density at radius 1 is 1.21 bits per heavy atom. The van der Waals surface area contributed by atoms with Crippen molar-refractivity contribution in [1.29, 1.82) is 0 Å². The minimum atomic E-state index is -0.979. The monoisotopic (exact) mass is 406 g/mol. The number of fused-ring (bicyclic) bond motifs is 1. The summed E-state index contributed by atoms with van der Waals surface area (Å²) in [6.07, 6.45) is 4.46. The van der Waals surface area contributed by atoms with Crippen LogP contribution in [0.3, 0.4) is 0 Å². The number of rotatable bonds is 5. The molecule has 3 aromatic rings. The van der Waals surface area contributed by atoms with Crippen LogP contribution in [0.5, 0.6) is 0 Å². The van der Waals surface area contributed by atoms with Gasteiger partial charge in [-0.15, -0.1) is 0 Å². The van der Waals surface area contributed by atoms with Crippen LogP contribution in [0.15, 0.2) is 24.5 Å². The summed E-state index contributed by atoms with van der Waals surface area (Å²) in [6.45, 7) is 3.24. The van der Waals surface area contributed by atoms with Gasteiger partial charge in [-0.2, -0.15) is 0 Å². The second kappa shape index (κ2) is 7.48. The number of aryl methyl sites for hydroxylation is 1. The molecule has 1 fully saturated rings. The van der Waals surface area contributed by atoms with Crippen LogP contribution in [0.4, 0.5) is 18.9 Å². The molecule has 1 aliphatic heterocycles. The minimum Gasteiger partial charge on any atom is -0.345 e. The molecular weight excluding hydrogens is 389 g/mol. The van der Waals surface area contributed by atoms with Gasteiger partial charge in [0.05, 0.1) is 23.0 Å². The maximum Gasteiger partial charge on any atom is 0.201 e. The Labute approximate surface area is 163 Å². The maximum atomic E-state index is 15.0. The third-order valence-electron chi connectivity index (χ3n) is 4.81. The summed E-state index contributed by atoms with van der Waals surface area (Å²) in [5.74, 6) is -3.42. The minimum absolute atomic E-state index is 0.0162. The highest BCUT2D eigenvalue weighted by atomic mass is 32.2. The number of carbonyl (C=O) groups is 1. The predicted octanol–water partition coefficient (Wildman–Crippen LogP) is 4.59. The predicted molar refractivity (Wildman–Crippen MR) is 103 cm³/mol. The van der Waals surface area contributed by atoms with Crippen LogP contribution < -0.4 is 4.72 Å². The van der Waals surface area contributed by atoms with E-state index in [0.717, 1.165) is 38.2 Å². The molecule has 5 nitrogen and oxygen atoms in total. The number of pyridine rings is 1. The molecule has 0 amide bonds. The first-order chi connectivity index (χ1) is 13.5. The lowest BCUT2D eigenvalue weighted by Gasteiger charge is -2.15. The molecule has 0 unspecified atom stereocenters. The van der Waals surface area contributed by atoms with Gasteiger partial charge in [-0.25, -0.2) is 22.5 Å². The molecule has 0 aliphatic carbocycles. The Morgan fingerprint density at radius 2 is 1.96 bits per heavy atom. The number of hydrogen-bond acceptors (Lipinski definition) is 5. The van der Waals surface area contributed by atoms with E-state index in [1.807, 2.05) is 4.31 Å². The van der Waals surface area contributed by atoms with Gasteiger partial charge in [-0.05, 0) is 37.5 Å². The molecule has 0 atom stereocenters. The number of nitrogens with zero attached hydrogens (tertiary/aromatic N) is 2. The number of benzene rings is 1. The third kappa shape index (κ3) is 3.24. The van der Waals surface area contributed by atoms with E-state index in [1.165, 1.54) is 31.3 Å². The average Bonchev–Trinajstić information content (AvgIpc) is 3.34. The van der Waals surface area contributed by atoms with Crippen molar-refractivity contribution in [2.75, 3.05) is 17.8 Å². The van der Waals surface area contributed by atoms with Crippen LogP contribution in [-0.2, 0) is 0 Å². The second-order valence-corrected chi connectivity index (χ2v) is 7.50. The summed E-state index contributed by atoms with van der Waals surface area (Å²) in [6, 6.07) is 2.30. The largest absolute Gasteiger partial charge is 0.345 e. The van der Waals surface area contributed by atoms with Gasteiger partial charge in [-0.3, -0.25) is 4.79 Å². The quantitative estimate of drug-likeness (QED) is 0.479. The number of ketones is 1. The Hall–Kier alpha value is -2.52. The van der Waals surface area contributed by atoms with Crippen molar-refractivity contribution in [3.8, 4) is 0 Å². The van der Waals surface area contributed by atoms with Crippen LogP contribution in [-0.4, -0.2) is 33.1 Å². The zero-order valence-electron chi connectivity index (χ0n) is 15.0. The molecular formula is C19H17F3N4OS. The molecule has 1 aromatic carbocycles. The topological polar surface area (TPSA) is 61.0 Å². The highest BCUT2D eigenvalue weighted by molar-refractivity contribution is 7.98. The van der Waals surface area contributed by atoms with E-state index >= 15 is 0 Å². The average molecular weight is 406 g/mol. The Morgan fingerprint density at radius 3 is 2.71 bits per heavy atom. The van der Waals surface area contributed by atoms with Crippen molar-refractivity contribution in [3.63, 3.8) is 0 Å². The number of aromatic amines is 1. The summed E-state index contributed by atoms with van der Waals surface area (Å²) in [5.41, 5.74) is -0.225. The van der Waals surface area contributed by atoms with Crippen LogP contribution >= 0.6 is 12.1 Å². The highest BCUT2D eigenvalue weighted by Gasteiger charge is 2.26. The van der Waals surface area contributed by atoms with Crippen molar-refractivity contribution in [2.45, 2.75) is 19.8 Å². The van der Waals surface area contributed by atoms with E-state index in [-0.39, 0.29) is 27.8 Å². The van der Waals surface area contributed by atoms with Crippen LogP contribution in [0.2, 0.25) is 0 Å². The van der Waals surface area contributed by atoms with Gasteiger partial charge in [0.15, 0.2) is 5.82 Å². The molecule has 0 spiro atoms. The van der Waals surface area contributed by atoms with E-state index < -0.39 is 28.8 Å². The molecule has 28 heavy (non-hydrogen) atoms. The smallest absolute Gasteiger partial charge is 0.201 e. The molecule has 2 aromatic heterocycles. The van der Waals surface area contributed by atoms with E-state index in [2.05, 4.69) is 14.7 Å². The number of halogens is 3. The fraction of sp³-hybridized carbons (Fsp3) is 0.263. The number of aromatic nitrogens is 2. The number of H-pyrrole nitrogens is 1. The first-order valence-corrected chi connectivity index (χ1v) is 9.57. The van der Waals surface area contributed by atoms with Crippen LogP contribution in [0, 0.1) is 24.4 Å². The Kier molecular flexibility index (Phi) is 5.03. The normalized spacial score (nSPS) is 14.7. The van der Waals surface area contributed by atoms with Crippen LogP contribution in [0.1, 0.15) is 34.3 Å². The van der Waals surface area contributed by atoms with E-state index in [9.17, 15) is 18.0 Å². The lowest BCUT2D eigenvalue weighted by molar-refractivity contribution is 0.103. The van der Waals surface area contributed by atoms with Crippen LogP contribution in [0.25, 0.3) is 11.0 Å².